The van der Waals surface area contributed by atoms with Crippen LogP contribution in [0.2, 0.25) is 0 Å². The summed E-state index contributed by atoms with van der Waals surface area (Å²) in [5.74, 6) is 0.935. The predicted molar refractivity (Wildman–Crippen MR) is 76.4 cm³/mol. The van der Waals surface area contributed by atoms with E-state index in [2.05, 4.69) is 18.3 Å². The van der Waals surface area contributed by atoms with Crippen molar-refractivity contribution in [3.8, 4) is 5.75 Å². The van der Waals surface area contributed by atoms with Crippen molar-refractivity contribution in [3.63, 3.8) is 0 Å². The first-order valence-corrected chi connectivity index (χ1v) is 7.40. The average molecular weight is 275 g/mol. The van der Waals surface area contributed by atoms with Gasteiger partial charge in [-0.15, -0.1) is 0 Å². The van der Waals surface area contributed by atoms with E-state index in [9.17, 15) is 4.79 Å². The van der Waals surface area contributed by atoms with E-state index in [1.165, 1.54) is 11.1 Å². The van der Waals surface area contributed by atoms with E-state index in [0.717, 1.165) is 34.8 Å². The van der Waals surface area contributed by atoms with Crippen LogP contribution in [0.5, 0.6) is 5.75 Å². The number of methoxy groups -OCH3 is 1. The van der Waals surface area contributed by atoms with E-state index in [-0.39, 0.29) is 5.91 Å². The van der Waals surface area contributed by atoms with Crippen LogP contribution in [0.4, 0.5) is 0 Å². The standard InChI is InChI=1S/C15H17NO2S/c1-3-11-7-10-6-9-4-5-12(18-2)8-13(9)19-14(10)15(17)16-11/h4-5,8,11H,3,6-7H2,1-2H3,(H,16,17). The molecule has 0 aromatic heterocycles. The van der Waals surface area contributed by atoms with E-state index in [1.807, 2.05) is 12.1 Å². The van der Waals surface area contributed by atoms with Gasteiger partial charge in [-0.3, -0.25) is 4.79 Å². The Hall–Kier alpha value is -1.42. The highest BCUT2D eigenvalue weighted by atomic mass is 32.2. The Morgan fingerprint density at radius 2 is 2.32 bits per heavy atom. The minimum atomic E-state index is 0.0894. The van der Waals surface area contributed by atoms with Crippen molar-refractivity contribution >= 4 is 17.7 Å². The summed E-state index contributed by atoms with van der Waals surface area (Å²) in [7, 11) is 1.67. The number of benzene rings is 1. The Kier molecular flexibility index (Phi) is 3.27. The molecule has 19 heavy (non-hydrogen) atoms. The van der Waals surface area contributed by atoms with Crippen molar-refractivity contribution in [2.45, 2.75) is 37.1 Å². The third kappa shape index (κ3) is 2.25. The van der Waals surface area contributed by atoms with Gasteiger partial charge in [-0.05, 0) is 42.5 Å². The number of fused-ring (bicyclic) bond motifs is 1. The molecule has 1 amide bonds. The van der Waals surface area contributed by atoms with Crippen molar-refractivity contribution in [2.24, 2.45) is 0 Å². The van der Waals surface area contributed by atoms with Gasteiger partial charge in [0.2, 0.25) is 0 Å². The van der Waals surface area contributed by atoms with Gasteiger partial charge in [0.05, 0.1) is 12.0 Å². The van der Waals surface area contributed by atoms with Crippen LogP contribution < -0.4 is 10.1 Å². The summed E-state index contributed by atoms with van der Waals surface area (Å²) in [6.07, 6.45) is 2.87. The Morgan fingerprint density at radius 1 is 1.47 bits per heavy atom. The van der Waals surface area contributed by atoms with Crippen LogP contribution in [0.15, 0.2) is 33.6 Å². The van der Waals surface area contributed by atoms with Gasteiger partial charge >= 0.3 is 0 Å². The zero-order valence-corrected chi connectivity index (χ0v) is 12.0. The third-order valence-electron chi connectivity index (χ3n) is 3.74. The summed E-state index contributed by atoms with van der Waals surface area (Å²) in [5, 5.41) is 3.08. The molecule has 3 nitrogen and oxygen atoms in total. The first kappa shape index (κ1) is 12.6. The van der Waals surface area contributed by atoms with Crippen molar-refractivity contribution in [1.82, 2.24) is 5.32 Å². The second-order valence-corrected chi connectivity index (χ2v) is 6.02. The quantitative estimate of drug-likeness (QED) is 0.902. The van der Waals surface area contributed by atoms with Gasteiger partial charge in [0.25, 0.3) is 5.91 Å². The molecule has 0 fully saturated rings. The molecule has 2 heterocycles. The van der Waals surface area contributed by atoms with E-state index >= 15 is 0 Å². The van der Waals surface area contributed by atoms with Crippen LogP contribution in [0.3, 0.4) is 0 Å². The lowest BCUT2D eigenvalue weighted by Gasteiger charge is -2.30. The molecule has 1 N–H and O–H groups in total. The number of hydrogen-bond donors (Lipinski definition) is 1. The molecule has 0 saturated heterocycles. The highest BCUT2D eigenvalue weighted by Gasteiger charge is 2.30. The van der Waals surface area contributed by atoms with E-state index < -0.39 is 0 Å². The lowest BCUT2D eigenvalue weighted by molar-refractivity contribution is -0.118. The number of nitrogens with one attached hydrogen (secondary N) is 1. The normalized spacial score (nSPS) is 21.6. The van der Waals surface area contributed by atoms with Gasteiger partial charge in [-0.1, -0.05) is 24.8 Å². The number of rotatable bonds is 2. The molecule has 0 spiro atoms. The van der Waals surface area contributed by atoms with Crippen molar-refractivity contribution in [2.75, 3.05) is 7.11 Å². The topological polar surface area (TPSA) is 38.3 Å². The SMILES string of the molecule is CCC1CC2=C(Sc3cc(OC)ccc3C2)C(=O)N1. The Balaban J connectivity index is 1.94. The lowest BCUT2D eigenvalue weighted by Crippen LogP contribution is -2.40. The number of carbonyl (C=O) groups is 1. The van der Waals surface area contributed by atoms with Gasteiger partial charge < -0.3 is 10.1 Å². The van der Waals surface area contributed by atoms with Gasteiger partial charge in [-0.2, -0.15) is 0 Å². The second kappa shape index (κ2) is 4.93. The number of hydrogen-bond acceptors (Lipinski definition) is 3. The first-order valence-electron chi connectivity index (χ1n) is 6.59. The molecule has 0 radical (unpaired) electrons. The molecule has 1 unspecified atom stereocenters. The highest BCUT2D eigenvalue weighted by molar-refractivity contribution is 8.04. The van der Waals surface area contributed by atoms with Crippen LogP contribution in [0.25, 0.3) is 0 Å². The summed E-state index contributed by atoms with van der Waals surface area (Å²) in [6, 6.07) is 6.42. The summed E-state index contributed by atoms with van der Waals surface area (Å²) >= 11 is 1.58. The maximum Gasteiger partial charge on any atom is 0.258 e. The number of thioether (sulfide) groups is 1. The summed E-state index contributed by atoms with van der Waals surface area (Å²) < 4.78 is 5.25. The maximum absolute atomic E-state index is 12.1. The molecule has 4 heteroatoms. The van der Waals surface area contributed by atoms with Gasteiger partial charge in [-0.25, -0.2) is 0 Å². The lowest BCUT2D eigenvalue weighted by atomic mass is 9.93. The molecule has 1 aromatic rings. The fourth-order valence-electron chi connectivity index (χ4n) is 2.61. The molecule has 1 aromatic carbocycles. The fraction of sp³-hybridized carbons (Fsp3) is 0.400. The molecular weight excluding hydrogens is 258 g/mol. The highest BCUT2D eigenvalue weighted by Crippen LogP contribution is 2.42. The van der Waals surface area contributed by atoms with Crippen LogP contribution in [0, 0.1) is 0 Å². The van der Waals surface area contributed by atoms with Crippen molar-refractivity contribution in [1.29, 1.82) is 0 Å². The summed E-state index contributed by atoms with van der Waals surface area (Å²) in [5.41, 5.74) is 2.59. The van der Waals surface area contributed by atoms with Gasteiger partial charge in [0.1, 0.15) is 5.75 Å². The van der Waals surface area contributed by atoms with Crippen LogP contribution in [0.1, 0.15) is 25.3 Å². The minimum absolute atomic E-state index is 0.0894. The number of carbonyl (C=O) groups excluding carboxylic acids is 1. The summed E-state index contributed by atoms with van der Waals surface area (Å²) in [4.78, 5) is 14.2. The molecule has 0 aliphatic carbocycles. The van der Waals surface area contributed by atoms with E-state index in [4.69, 9.17) is 4.74 Å². The Labute approximate surface area is 117 Å². The minimum Gasteiger partial charge on any atom is -0.497 e. The molecule has 0 saturated carbocycles. The Morgan fingerprint density at radius 3 is 3.05 bits per heavy atom. The molecular formula is C15H17NO2S. The largest absolute Gasteiger partial charge is 0.497 e. The fourth-order valence-corrected chi connectivity index (χ4v) is 3.73. The second-order valence-electron chi connectivity index (χ2n) is 4.97. The van der Waals surface area contributed by atoms with Crippen LogP contribution in [-0.2, 0) is 11.2 Å². The number of ether oxygens (including phenoxy) is 1. The summed E-state index contributed by atoms with van der Waals surface area (Å²) in [6.45, 7) is 2.12. The van der Waals surface area contributed by atoms with E-state index in [1.54, 1.807) is 18.9 Å². The maximum atomic E-state index is 12.1. The van der Waals surface area contributed by atoms with Gasteiger partial charge in [0.15, 0.2) is 0 Å². The molecule has 1 atom stereocenters. The first-order chi connectivity index (χ1) is 9.21. The number of amides is 1. The zero-order chi connectivity index (χ0) is 13.4. The molecule has 0 bridgehead atoms. The zero-order valence-electron chi connectivity index (χ0n) is 11.2. The molecule has 100 valence electrons. The average Bonchev–Trinajstić information content (AvgIpc) is 2.44. The van der Waals surface area contributed by atoms with Crippen LogP contribution in [-0.4, -0.2) is 19.1 Å². The third-order valence-corrected chi connectivity index (χ3v) is 5.02. The Bertz CT molecular complexity index is 565. The molecule has 3 rings (SSSR count). The predicted octanol–water partition coefficient (Wildman–Crippen LogP) is 2.90. The monoisotopic (exact) mass is 275 g/mol. The smallest absolute Gasteiger partial charge is 0.258 e. The van der Waals surface area contributed by atoms with Gasteiger partial charge in [0, 0.05) is 10.9 Å². The van der Waals surface area contributed by atoms with E-state index in [0.29, 0.717) is 6.04 Å². The molecule has 2 aliphatic heterocycles. The van der Waals surface area contributed by atoms with Crippen LogP contribution >= 0.6 is 11.8 Å². The molecule has 2 aliphatic rings. The van der Waals surface area contributed by atoms with Crippen molar-refractivity contribution < 1.29 is 9.53 Å². The van der Waals surface area contributed by atoms with Crippen molar-refractivity contribution in [3.05, 3.63) is 34.2 Å².